The van der Waals surface area contributed by atoms with Crippen LogP contribution in [-0.4, -0.2) is 41.9 Å². The molecular formula is C21H20N2O4S. The van der Waals surface area contributed by atoms with Crippen LogP contribution in [0.2, 0.25) is 0 Å². The van der Waals surface area contributed by atoms with E-state index in [4.69, 9.17) is 9.47 Å². The normalized spacial score (nSPS) is 16.8. The monoisotopic (exact) mass is 396 g/mol. The van der Waals surface area contributed by atoms with Gasteiger partial charge in [-0.05, 0) is 41.6 Å². The number of nitrogens with zero attached hydrogens (tertiary/aromatic N) is 2. The van der Waals surface area contributed by atoms with Gasteiger partial charge in [-0.3, -0.25) is 14.5 Å². The lowest BCUT2D eigenvalue weighted by atomic mass is 10.1. The third-order valence-corrected chi connectivity index (χ3v) is 6.18. The Balaban J connectivity index is 1.72. The highest BCUT2D eigenvalue weighted by Gasteiger charge is 2.39. The number of likely N-dealkylation sites (N-methyl/N-ethyl adjacent to an activating group) is 1. The molecule has 2 amide bonds. The van der Waals surface area contributed by atoms with Crippen molar-refractivity contribution in [1.82, 2.24) is 9.47 Å². The predicted molar refractivity (Wildman–Crippen MR) is 109 cm³/mol. The first kappa shape index (κ1) is 18.4. The highest BCUT2D eigenvalue weighted by molar-refractivity contribution is 8.15. The third kappa shape index (κ3) is 3.01. The number of carbonyl (C=O) groups is 2. The van der Waals surface area contributed by atoms with Crippen LogP contribution in [0.1, 0.15) is 16.4 Å². The summed E-state index contributed by atoms with van der Waals surface area (Å²) in [6, 6.07) is 13.6. The molecule has 28 heavy (non-hydrogen) atoms. The van der Waals surface area contributed by atoms with Gasteiger partial charge in [-0.25, -0.2) is 0 Å². The fourth-order valence-electron chi connectivity index (χ4n) is 3.47. The zero-order valence-corrected chi connectivity index (χ0v) is 16.7. The topological polar surface area (TPSA) is 60.8 Å². The Morgan fingerprint density at radius 2 is 1.89 bits per heavy atom. The van der Waals surface area contributed by atoms with E-state index in [0.29, 0.717) is 6.54 Å². The molecule has 1 aromatic heterocycles. The van der Waals surface area contributed by atoms with Crippen molar-refractivity contribution in [1.29, 1.82) is 0 Å². The number of fused-ring (bicyclic) bond motifs is 1. The van der Waals surface area contributed by atoms with Crippen molar-refractivity contribution >= 4 is 33.8 Å². The third-order valence-electron chi connectivity index (χ3n) is 5.01. The molecule has 0 bridgehead atoms. The number of ether oxygens (including phenoxy) is 2. The molecule has 6 nitrogen and oxygen atoms in total. The van der Waals surface area contributed by atoms with Gasteiger partial charge in [0.2, 0.25) is 5.91 Å². The molecule has 7 heteroatoms. The van der Waals surface area contributed by atoms with E-state index < -0.39 is 5.25 Å². The summed E-state index contributed by atoms with van der Waals surface area (Å²) in [5.74, 6) is 1.32. The molecular weight excluding hydrogens is 376 g/mol. The Labute approximate surface area is 167 Å². The molecule has 1 atom stereocenters. The van der Waals surface area contributed by atoms with E-state index in [2.05, 4.69) is 4.57 Å². The molecule has 1 aliphatic heterocycles. The summed E-state index contributed by atoms with van der Waals surface area (Å²) < 4.78 is 12.9. The van der Waals surface area contributed by atoms with E-state index in [9.17, 15) is 9.59 Å². The van der Waals surface area contributed by atoms with E-state index in [0.717, 1.165) is 45.3 Å². The van der Waals surface area contributed by atoms with Crippen molar-refractivity contribution in [3.05, 3.63) is 59.8 Å². The summed E-state index contributed by atoms with van der Waals surface area (Å²) in [4.78, 5) is 25.6. The minimum absolute atomic E-state index is 0.174. The number of imide groups is 1. The molecule has 1 fully saturated rings. The van der Waals surface area contributed by atoms with Gasteiger partial charge in [-0.1, -0.05) is 12.1 Å². The minimum Gasteiger partial charge on any atom is -0.497 e. The average molecular weight is 396 g/mol. The second kappa shape index (κ2) is 7.24. The molecule has 2 heterocycles. The Kier molecular flexibility index (Phi) is 4.77. The number of hydrogen-bond acceptors (Lipinski definition) is 5. The summed E-state index contributed by atoms with van der Waals surface area (Å²) >= 11 is 1.07. The fraction of sp³-hybridized carbons (Fsp3) is 0.238. The molecule has 4 rings (SSSR count). The van der Waals surface area contributed by atoms with Gasteiger partial charge >= 0.3 is 0 Å². The summed E-state index contributed by atoms with van der Waals surface area (Å²) in [5, 5.41) is 0.269. The maximum Gasteiger partial charge on any atom is 0.289 e. The summed E-state index contributed by atoms with van der Waals surface area (Å²) in [7, 11) is 4.79. The second-order valence-corrected chi connectivity index (χ2v) is 7.62. The number of carbonyl (C=O) groups excluding carboxylic acids is 2. The van der Waals surface area contributed by atoms with Crippen LogP contribution in [0.3, 0.4) is 0 Å². The number of aromatic nitrogens is 1. The molecule has 1 unspecified atom stereocenters. The molecule has 0 radical (unpaired) electrons. The Bertz CT molecular complexity index is 1080. The van der Waals surface area contributed by atoms with Crippen molar-refractivity contribution in [3.63, 3.8) is 0 Å². The van der Waals surface area contributed by atoms with Crippen molar-refractivity contribution in [2.24, 2.45) is 0 Å². The number of amides is 2. The number of methoxy groups -OCH3 is 2. The maximum atomic E-state index is 12.5. The van der Waals surface area contributed by atoms with Crippen molar-refractivity contribution < 1.29 is 19.1 Å². The molecule has 0 N–H and O–H groups in total. The smallest absolute Gasteiger partial charge is 0.289 e. The quantitative estimate of drug-likeness (QED) is 0.651. The van der Waals surface area contributed by atoms with Gasteiger partial charge in [-0.15, -0.1) is 0 Å². The van der Waals surface area contributed by atoms with E-state index >= 15 is 0 Å². The van der Waals surface area contributed by atoms with Crippen LogP contribution in [0.15, 0.2) is 48.7 Å². The molecule has 0 spiro atoms. The fourth-order valence-corrected chi connectivity index (χ4v) is 4.51. The molecule has 1 saturated heterocycles. The van der Waals surface area contributed by atoms with Crippen LogP contribution in [-0.2, 0) is 11.3 Å². The van der Waals surface area contributed by atoms with Crippen LogP contribution in [0.4, 0.5) is 4.79 Å². The molecule has 0 saturated carbocycles. The lowest BCUT2D eigenvalue weighted by Gasteiger charge is -2.13. The molecule has 0 aliphatic carbocycles. The zero-order chi connectivity index (χ0) is 19.8. The average Bonchev–Trinajstić information content (AvgIpc) is 3.24. The van der Waals surface area contributed by atoms with Crippen molar-refractivity contribution in [2.45, 2.75) is 11.8 Å². The Morgan fingerprint density at radius 3 is 2.57 bits per heavy atom. The minimum atomic E-state index is -0.493. The van der Waals surface area contributed by atoms with Gasteiger partial charge in [0, 0.05) is 35.8 Å². The van der Waals surface area contributed by atoms with Gasteiger partial charge < -0.3 is 14.0 Å². The number of benzene rings is 2. The predicted octanol–water partition coefficient (Wildman–Crippen LogP) is 4.07. The van der Waals surface area contributed by atoms with Gasteiger partial charge in [0.1, 0.15) is 16.7 Å². The maximum absolute atomic E-state index is 12.5. The first-order valence-corrected chi connectivity index (χ1v) is 9.68. The van der Waals surface area contributed by atoms with E-state index in [1.807, 2.05) is 48.7 Å². The van der Waals surface area contributed by atoms with Crippen LogP contribution in [0.5, 0.6) is 11.5 Å². The highest BCUT2D eigenvalue weighted by atomic mass is 32.2. The second-order valence-electron chi connectivity index (χ2n) is 6.56. The summed E-state index contributed by atoms with van der Waals surface area (Å²) in [6.45, 7) is 0.616. The SMILES string of the molecule is COc1ccc(Cn2ccc3c(C4SC(=O)N(C)C4=O)cccc32)c(OC)c1. The lowest BCUT2D eigenvalue weighted by Crippen LogP contribution is -2.24. The number of thioether (sulfide) groups is 1. The first-order valence-electron chi connectivity index (χ1n) is 8.80. The van der Waals surface area contributed by atoms with E-state index in [-0.39, 0.29) is 11.1 Å². The number of rotatable bonds is 5. The zero-order valence-electron chi connectivity index (χ0n) is 15.8. The lowest BCUT2D eigenvalue weighted by molar-refractivity contribution is -0.125. The molecule has 144 valence electrons. The summed E-state index contributed by atoms with van der Waals surface area (Å²) in [6.07, 6.45) is 1.99. The standard InChI is InChI=1S/C21H20N2O4S/c1-22-20(24)19(28-21(22)25)16-5-4-6-17-15(16)9-10-23(17)12-13-7-8-14(26-2)11-18(13)27-3/h4-11,19H,12H2,1-3H3. The Morgan fingerprint density at radius 1 is 1.07 bits per heavy atom. The van der Waals surface area contributed by atoms with Gasteiger partial charge in [-0.2, -0.15) is 0 Å². The van der Waals surface area contributed by atoms with Crippen LogP contribution in [0.25, 0.3) is 10.9 Å². The van der Waals surface area contributed by atoms with E-state index in [1.54, 1.807) is 14.2 Å². The van der Waals surface area contributed by atoms with Gasteiger partial charge in [0.05, 0.1) is 20.8 Å². The molecule has 3 aromatic rings. The van der Waals surface area contributed by atoms with Crippen molar-refractivity contribution in [3.8, 4) is 11.5 Å². The summed E-state index contributed by atoms with van der Waals surface area (Å²) in [5.41, 5.74) is 2.89. The van der Waals surface area contributed by atoms with Crippen LogP contribution in [0, 0.1) is 0 Å². The highest BCUT2D eigenvalue weighted by Crippen LogP contribution is 2.41. The molecule has 1 aliphatic rings. The Hall–Kier alpha value is -2.93. The number of hydrogen-bond donors (Lipinski definition) is 0. The van der Waals surface area contributed by atoms with Crippen LogP contribution >= 0.6 is 11.8 Å². The van der Waals surface area contributed by atoms with Crippen LogP contribution < -0.4 is 9.47 Å². The van der Waals surface area contributed by atoms with Gasteiger partial charge in [0.15, 0.2) is 0 Å². The van der Waals surface area contributed by atoms with E-state index in [1.165, 1.54) is 11.9 Å². The first-order chi connectivity index (χ1) is 13.5. The molecule has 2 aromatic carbocycles. The van der Waals surface area contributed by atoms with Crippen molar-refractivity contribution in [2.75, 3.05) is 21.3 Å². The largest absolute Gasteiger partial charge is 0.497 e. The van der Waals surface area contributed by atoms with Gasteiger partial charge in [0.25, 0.3) is 5.24 Å².